The highest BCUT2D eigenvalue weighted by atomic mass is 32.2. The Labute approximate surface area is 189 Å². The van der Waals surface area contributed by atoms with E-state index in [4.69, 9.17) is 4.52 Å². The molecule has 1 fully saturated rings. The van der Waals surface area contributed by atoms with Crippen LogP contribution in [0.5, 0.6) is 0 Å². The van der Waals surface area contributed by atoms with E-state index in [1.807, 2.05) is 0 Å². The zero-order valence-corrected chi connectivity index (χ0v) is 19.3. The molecule has 32 heavy (non-hydrogen) atoms. The van der Waals surface area contributed by atoms with Crippen LogP contribution in [0.25, 0.3) is 10.7 Å². The van der Waals surface area contributed by atoms with Crippen LogP contribution in [0.2, 0.25) is 0 Å². The number of nitrogens with zero attached hydrogens (tertiary/aromatic N) is 3. The van der Waals surface area contributed by atoms with Gasteiger partial charge in [0.15, 0.2) is 0 Å². The molecule has 1 unspecified atom stereocenters. The zero-order valence-electron chi connectivity index (χ0n) is 17.7. The molecular formula is C21H23FN4O4S2. The molecule has 1 aliphatic rings. The van der Waals surface area contributed by atoms with Crippen molar-refractivity contribution in [1.29, 1.82) is 0 Å². The lowest BCUT2D eigenvalue weighted by Crippen LogP contribution is -2.45. The summed E-state index contributed by atoms with van der Waals surface area (Å²) in [5, 5.41) is 6.69. The van der Waals surface area contributed by atoms with Crippen LogP contribution >= 0.6 is 11.3 Å². The minimum Gasteiger partial charge on any atom is -0.352 e. The number of benzene rings is 1. The number of thiophene rings is 1. The number of aryl methyl sites for hydroxylation is 2. The van der Waals surface area contributed by atoms with Crippen LogP contribution in [0.1, 0.15) is 29.2 Å². The summed E-state index contributed by atoms with van der Waals surface area (Å²) in [6.45, 7) is 4.15. The van der Waals surface area contributed by atoms with E-state index in [0.717, 1.165) is 5.56 Å². The zero-order chi connectivity index (χ0) is 22.9. The van der Waals surface area contributed by atoms with Gasteiger partial charge in [-0.2, -0.15) is 9.29 Å². The molecule has 1 aromatic carbocycles. The van der Waals surface area contributed by atoms with E-state index in [0.29, 0.717) is 40.9 Å². The standard InChI is InChI=1S/C21H23FN4O4S2/c1-13-19(10-18(31-13)20-24-14(2)30-25-20)32(28,29)26-9-3-4-16(12-26)21(27)23-11-15-5-7-17(22)8-6-15/h5-8,10,16H,3-4,9,11-12H2,1-2H3,(H,23,27). The highest BCUT2D eigenvalue weighted by molar-refractivity contribution is 7.89. The van der Waals surface area contributed by atoms with Crippen LogP contribution in [0, 0.1) is 25.6 Å². The number of aromatic nitrogens is 2. The predicted molar refractivity (Wildman–Crippen MR) is 117 cm³/mol. The molecule has 1 amide bonds. The third-order valence-corrected chi connectivity index (χ3v) is 8.54. The number of rotatable bonds is 6. The first kappa shape index (κ1) is 22.6. The average molecular weight is 479 g/mol. The van der Waals surface area contributed by atoms with Crippen LogP contribution in [0.15, 0.2) is 39.8 Å². The summed E-state index contributed by atoms with van der Waals surface area (Å²) in [7, 11) is -3.78. The quantitative estimate of drug-likeness (QED) is 0.583. The van der Waals surface area contributed by atoms with Gasteiger partial charge in [-0.05, 0) is 43.5 Å². The minimum absolute atomic E-state index is 0.115. The van der Waals surface area contributed by atoms with Crippen molar-refractivity contribution in [3.05, 3.63) is 52.5 Å². The van der Waals surface area contributed by atoms with Crippen LogP contribution in [0.3, 0.4) is 0 Å². The summed E-state index contributed by atoms with van der Waals surface area (Å²) in [4.78, 5) is 18.3. The molecule has 8 nitrogen and oxygen atoms in total. The SMILES string of the molecule is Cc1nc(-c2cc(S(=O)(=O)N3CCCC(C(=O)NCc4ccc(F)cc4)C3)c(C)s2)no1. The molecule has 3 heterocycles. The first-order valence-electron chi connectivity index (χ1n) is 10.2. The van der Waals surface area contributed by atoms with E-state index in [1.165, 1.54) is 27.8 Å². The number of piperidine rings is 1. The van der Waals surface area contributed by atoms with Crippen molar-refractivity contribution >= 4 is 27.3 Å². The molecular weight excluding hydrogens is 455 g/mol. The summed E-state index contributed by atoms with van der Waals surface area (Å²) in [5.74, 6) is -0.235. The normalized spacial score (nSPS) is 17.4. The predicted octanol–water partition coefficient (Wildman–Crippen LogP) is 3.27. The molecule has 1 saturated heterocycles. The monoisotopic (exact) mass is 478 g/mol. The summed E-state index contributed by atoms with van der Waals surface area (Å²) < 4.78 is 46.1. The maximum atomic E-state index is 13.3. The van der Waals surface area contributed by atoms with Gasteiger partial charge in [0.1, 0.15) is 5.82 Å². The Morgan fingerprint density at radius 2 is 2.06 bits per heavy atom. The number of halogens is 1. The fourth-order valence-corrected chi connectivity index (χ4v) is 6.69. The van der Waals surface area contributed by atoms with Crippen molar-refractivity contribution in [2.24, 2.45) is 5.92 Å². The summed E-state index contributed by atoms with van der Waals surface area (Å²) >= 11 is 1.29. The number of carbonyl (C=O) groups excluding carboxylic acids is 1. The van der Waals surface area contributed by atoms with Gasteiger partial charge >= 0.3 is 0 Å². The molecule has 1 N–H and O–H groups in total. The largest absolute Gasteiger partial charge is 0.352 e. The molecule has 0 radical (unpaired) electrons. The third kappa shape index (κ3) is 4.74. The molecule has 11 heteroatoms. The lowest BCUT2D eigenvalue weighted by molar-refractivity contribution is -0.126. The second-order valence-electron chi connectivity index (χ2n) is 7.71. The van der Waals surface area contributed by atoms with Crippen LogP contribution in [-0.4, -0.2) is 41.9 Å². The van der Waals surface area contributed by atoms with E-state index in [-0.39, 0.29) is 29.7 Å². The van der Waals surface area contributed by atoms with E-state index in [9.17, 15) is 17.6 Å². The number of hydrogen-bond acceptors (Lipinski definition) is 7. The second kappa shape index (κ2) is 9.08. The van der Waals surface area contributed by atoms with Crippen molar-refractivity contribution in [2.75, 3.05) is 13.1 Å². The number of carbonyl (C=O) groups is 1. The van der Waals surface area contributed by atoms with Gasteiger partial charge in [0.05, 0.1) is 15.7 Å². The Morgan fingerprint density at radius 3 is 2.75 bits per heavy atom. The van der Waals surface area contributed by atoms with Crippen molar-refractivity contribution in [1.82, 2.24) is 19.8 Å². The first-order valence-corrected chi connectivity index (χ1v) is 12.4. The number of hydrogen-bond donors (Lipinski definition) is 1. The topological polar surface area (TPSA) is 105 Å². The molecule has 170 valence electrons. The van der Waals surface area contributed by atoms with E-state index < -0.39 is 15.9 Å². The van der Waals surface area contributed by atoms with Crippen LogP contribution in [-0.2, 0) is 21.4 Å². The Kier molecular flexibility index (Phi) is 6.40. The molecule has 1 atom stereocenters. The maximum absolute atomic E-state index is 13.3. The van der Waals surface area contributed by atoms with Gasteiger partial charge in [0.2, 0.25) is 27.6 Å². The van der Waals surface area contributed by atoms with Crippen molar-refractivity contribution < 1.29 is 22.1 Å². The number of nitrogens with one attached hydrogen (secondary N) is 1. The van der Waals surface area contributed by atoms with Gasteiger partial charge in [-0.3, -0.25) is 4.79 Å². The maximum Gasteiger partial charge on any atom is 0.244 e. The molecule has 0 bridgehead atoms. The van der Waals surface area contributed by atoms with Gasteiger partial charge in [-0.25, -0.2) is 12.8 Å². The van der Waals surface area contributed by atoms with Crippen molar-refractivity contribution in [3.63, 3.8) is 0 Å². The van der Waals surface area contributed by atoms with Gasteiger partial charge in [0.25, 0.3) is 0 Å². The van der Waals surface area contributed by atoms with Crippen LogP contribution in [0.4, 0.5) is 4.39 Å². The first-order chi connectivity index (χ1) is 15.2. The smallest absolute Gasteiger partial charge is 0.244 e. The molecule has 0 aliphatic carbocycles. The average Bonchev–Trinajstić information content (AvgIpc) is 3.39. The number of sulfonamides is 1. The highest BCUT2D eigenvalue weighted by Crippen LogP contribution is 2.34. The Bertz CT molecular complexity index is 1220. The van der Waals surface area contributed by atoms with Crippen LogP contribution < -0.4 is 5.32 Å². The summed E-state index contributed by atoms with van der Waals surface area (Å²) in [5.41, 5.74) is 0.776. The van der Waals surface area contributed by atoms with Crippen molar-refractivity contribution in [3.8, 4) is 10.7 Å². The fourth-order valence-electron chi connectivity index (χ4n) is 3.68. The fraction of sp³-hybridized carbons (Fsp3) is 0.381. The second-order valence-corrected chi connectivity index (χ2v) is 10.9. The third-order valence-electron chi connectivity index (χ3n) is 5.37. The summed E-state index contributed by atoms with van der Waals surface area (Å²) in [6.07, 6.45) is 1.20. The Hall–Kier alpha value is -2.63. The van der Waals surface area contributed by atoms with Gasteiger partial charge in [-0.1, -0.05) is 17.3 Å². The van der Waals surface area contributed by atoms with E-state index in [1.54, 1.807) is 32.0 Å². The molecule has 2 aromatic heterocycles. The molecule has 4 rings (SSSR count). The lowest BCUT2D eigenvalue weighted by atomic mass is 9.99. The Morgan fingerprint density at radius 1 is 1.31 bits per heavy atom. The highest BCUT2D eigenvalue weighted by Gasteiger charge is 2.35. The van der Waals surface area contributed by atoms with Gasteiger partial charge in [0, 0.05) is 31.4 Å². The summed E-state index contributed by atoms with van der Waals surface area (Å²) in [6, 6.07) is 7.45. The Balaban J connectivity index is 1.45. The van der Waals surface area contributed by atoms with Crippen molar-refractivity contribution in [2.45, 2.75) is 38.1 Å². The van der Waals surface area contributed by atoms with E-state index >= 15 is 0 Å². The lowest BCUT2D eigenvalue weighted by Gasteiger charge is -2.31. The molecule has 1 aliphatic heterocycles. The number of amides is 1. The molecule has 3 aromatic rings. The molecule has 0 saturated carbocycles. The minimum atomic E-state index is -3.78. The van der Waals surface area contributed by atoms with Gasteiger partial charge < -0.3 is 9.84 Å². The van der Waals surface area contributed by atoms with Gasteiger partial charge in [-0.15, -0.1) is 11.3 Å². The van der Waals surface area contributed by atoms with E-state index in [2.05, 4.69) is 15.5 Å². The molecule has 0 spiro atoms.